The van der Waals surface area contributed by atoms with E-state index in [1.165, 1.54) is 0 Å². The number of hydrogen-bond acceptors (Lipinski definition) is 3. The van der Waals surface area contributed by atoms with Crippen LogP contribution in [0.25, 0.3) is 0 Å². The lowest BCUT2D eigenvalue weighted by atomic mass is 9.89. The Balaban J connectivity index is 2.36. The maximum Gasteiger partial charge on any atom is 0.303 e. The van der Waals surface area contributed by atoms with E-state index >= 15 is 0 Å². The molecule has 4 nitrogen and oxygen atoms in total. The van der Waals surface area contributed by atoms with Crippen molar-refractivity contribution >= 4 is 5.97 Å². The summed E-state index contributed by atoms with van der Waals surface area (Å²) in [5.41, 5.74) is 0.631. The van der Waals surface area contributed by atoms with Crippen molar-refractivity contribution < 1.29 is 19.7 Å². The van der Waals surface area contributed by atoms with Crippen molar-refractivity contribution in [2.75, 3.05) is 6.61 Å². The molecule has 0 fully saturated rings. The Labute approximate surface area is 87.1 Å². The molecule has 1 aliphatic rings. The van der Waals surface area contributed by atoms with E-state index in [1.807, 2.05) is 0 Å². The Hall–Kier alpha value is -1.71. The van der Waals surface area contributed by atoms with E-state index in [4.69, 9.17) is 9.84 Å². The second-order valence-corrected chi connectivity index (χ2v) is 3.62. The zero-order valence-corrected chi connectivity index (χ0v) is 8.14. The number of phenols is 1. The van der Waals surface area contributed by atoms with Gasteiger partial charge < -0.3 is 14.9 Å². The summed E-state index contributed by atoms with van der Waals surface area (Å²) in [6, 6.07) is 5.00. The molecule has 0 bridgehead atoms. The summed E-state index contributed by atoms with van der Waals surface area (Å²) in [7, 11) is 0. The molecule has 2 N–H and O–H groups in total. The zero-order valence-electron chi connectivity index (χ0n) is 8.14. The van der Waals surface area contributed by atoms with Crippen LogP contribution in [0, 0.1) is 0 Å². The molecular weight excluding hydrogens is 196 g/mol. The Kier molecular flexibility index (Phi) is 2.49. The highest BCUT2D eigenvalue weighted by Crippen LogP contribution is 2.41. The van der Waals surface area contributed by atoms with Gasteiger partial charge in [-0.15, -0.1) is 0 Å². The maximum absolute atomic E-state index is 10.7. The van der Waals surface area contributed by atoms with Crippen LogP contribution in [0.4, 0.5) is 0 Å². The summed E-state index contributed by atoms with van der Waals surface area (Å²) < 4.78 is 5.36. The molecule has 1 heterocycles. The topological polar surface area (TPSA) is 66.8 Å². The fourth-order valence-electron chi connectivity index (χ4n) is 1.94. The summed E-state index contributed by atoms with van der Waals surface area (Å²) in [6.07, 6.45) is 0.671. The van der Waals surface area contributed by atoms with Crippen molar-refractivity contribution in [2.24, 2.45) is 0 Å². The van der Waals surface area contributed by atoms with Crippen molar-refractivity contribution in [3.63, 3.8) is 0 Å². The van der Waals surface area contributed by atoms with Gasteiger partial charge in [0.25, 0.3) is 0 Å². The van der Waals surface area contributed by atoms with E-state index in [0.29, 0.717) is 24.3 Å². The molecule has 1 unspecified atom stereocenters. The van der Waals surface area contributed by atoms with Gasteiger partial charge >= 0.3 is 5.97 Å². The van der Waals surface area contributed by atoms with E-state index in [1.54, 1.807) is 18.2 Å². The van der Waals surface area contributed by atoms with Crippen LogP contribution in [0.3, 0.4) is 0 Å². The first-order valence-electron chi connectivity index (χ1n) is 4.85. The van der Waals surface area contributed by atoms with Crippen molar-refractivity contribution in [3.05, 3.63) is 23.8 Å². The number of carboxylic acids is 1. The molecule has 0 aliphatic carbocycles. The summed E-state index contributed by atoms with van der Waals surface area (Å²) in [6.45, 7) is 0.508. The molecule has 1 aromatic carbocycles. The van der Waals surface area contributed by atoms with Crippen LogP contribution in [-0.2, 0) is 4.79 Å². The number of fused-ring (bicyclic) bond motifs is 1. The molecule has 80 valence electrons. The number of benzene rings is 1. The highest BCUT2D eigenvalue weighted by atomic mass is 16.5. The van der Waals surface area contributed by atoms with Gasteiger partial charge in [0.2, 0.25) is 0 Å². The second kappa shape index (κ2) is 3.81. The van der Waals surface area contributed by atoms with Gasteiger partial charge in [0.1, 0.15) is 11.5 Å². The Bertz CT molecular complexity index is 386. The smallest absolute Gasteiger partial charge is 0.303 e. The van der Waals surface area contributed by atoms with Crippen LogP contribution < -0.4 is 4.74 Å². The molecule has 0 amide bonds. The third kappa shape index (κ3) is 1.88. The fraction of sp³-hybridized carbons (Fsp3) is 0.364. The zero-order chi connectivity index (χ0) is 10.8. The quantitative estimate of drug-likeness (QED) is 0.776. The standard InChI is InChI=1S/C11H12O4/c12-8-2-1-3-9-11(8)7(4-5-15-9)6-10(13)14/h1-3,7,12H,4-6H2,(H,13,14). The van der Waals surface area contributed by atoms with E-state index in [9.17, 15) is 9.90 Å². The molecule has 0 radical (unpaired) electrons. The molecule has 0 spiro atoms. The largest absolute Gasteiger partial charge is 0.508 e. The number of rotatable bonds is 2. The number of carbonyl (C=O) groups is 1. The summed E-state index contributed by atoms with van der Waals surface area (Å²) in [5, 5.41) is 18.4. The SMILES string of the molecule is O=C(O)CC1CCOc2cccc(O)c21. The van der Waals surface area contributed by atoms with Crippen LogP contribution in [-0.4, -0.2) is 22.8 Å². The highest BCUT2D eigenvalue weighted by molar-refractivity contribution is 5.69. The number of carboxylic acid groups (broad SMARTS) is 1. The van der Waals surface area contributed by atoms with Gasteiger partial charge in [0.05, 0.1) is 13.0 Å². The molecule has 0 saturated carbocycles. The van der Waals surface area contributed by atoms with Gasteiger partial charge in [-0.3, -0.25) is 4.79 Å². The highest BCUT2D eigenvalue weighted by Gasteiger charge is 2.26. The molecule has 1 atom stereocenters. The number of aliphatic carboxylic acids is 1. The lowest BCUT2D eigenvalue weighted by Crippen LogP contribution is -2.17. The van der Waals surface area contributed by atoms with Crippen molar-refractivity contribution in [3.8, 4) is 11.5 Å². The first-order valence-corrected chi connectivity index (χ1v) is 4.85. The van der Waals surface area contributed by atoms with Crippen LogP contribution in [0.1, 0.15) is 24.3 Å². The first-order chi connectivity index (χ1) is 7.18. The van der Waals surface area contributed by atoms with E-state index in [2.05, 4.69) is 0 Å². The molecule has 0 saturated heterocycles. The van der Waals surface area contributed by atoms with Crippen LogP contribution in [0.15, 0.2) is 18.2 Å². The van der Waals surface area contributed by atoms with Crippen LogP contribution in [0.2, 0.25) is 0 Å². The van der Waals surface area contributed by atoms with Crippen LogP contribution >= 0.6 is 0 Å². The molecular formula is C11H12O4. The lowest BCUT2D eigenvalue weighted by molar-refractivity contribution is -0.137. The van der Waals surface area contributed by atoms with Crippen molar-refractivity contribution in [2.45, 2.75) is 18.8 Å². The minimum atomic E-state index is -0.851. The minimum Gasteiger partial charge on any atom is -0.508 e. The van der Waals surface area contributed by atoms with Gasteiger partial charge in [0.15, 0.2) is 0 Å². The molecule has 15 heavy (non-hydrogen) atoms. The van der Waals surface area contributed by atoms with Crippen LogP contribution in [0.5, 0.6) is 11.5 Å². The fourth-order valence-corrected chi connectivity index (χ4v) is 1.94. The number of phenolic OH excluding ortho intramolecular Hbond substituents is 1. The minimum absolute atomic E-state index is 0.0356. The predicted octanol–water partition coefficient (Wildman–Crippen LogP) is 1.73. The Morgan fingerprint density at radius 2 is 2.33 bits per heavy atom. The molecule has 4 heteroatoms. The van der Waals surface area contributed by atoms with Gasteiger partial charge in [0, 0.05) is 11.5 Å². The van der Waals surface area contributed by atoms with Crippen molar-refractivity contribution in [1.82, 2.24) is 0 Å². The second-order valence-electron chi connectivity index (χ2n) is 3.62. The lowest BCUT2D eigenvalue weighted by Gasteiger charge is -2.25. The van der Waals surface area contributed by atoms with Gasteiger partial charge in [-0.1, -0.05) is 6.07 Å². The summed E-state index contributed by atoms with van der Waals surface area (Å²) in [4.78, 5) is 10.7. The number of hydrogen-bond donors (Lipinski definition) is 2. The van der Waals surface area contributed by atoms with E-state index in [-0.39, 0.29) is 18.1 Å². The van der Waals surface area contributed by atoms with Crippen molar-refractivity contribution in [1.29, 1.82) is 0 Å². The number of ether oxygens (including phenoxy) is 1. The van der Waals surface area contributed by atoms with E-state index < -0.39 is 5.97 Å². The molecule has 2 rings (SSSR count). The third-order valence-electron chi connectivity index (χ3n) is 2.60. The maximum atomic E-state index is 10.7. The number of aromatic hydroxyl groups is 1. The predicted molar refractivity (Wildman–Crippen MR) is 53.2 cm³/mol. The Morgan fingerprint density at radius 1 is 1.53 bits per heavy atom. The van der Waals surface area contributed by atoms with E-state index in [0.717, 1.165) is 0 Å². The Morgan fingerprint density at radius 3 is 3.07 bits per heavy atom. The van der Waals surface area contributed by atoms with Gasteiger partial charge in [-0.05, 0) is 18.6 Å². The summed E-state index contributed by atoms with van der Waals surface area (Å²) >= 11 is 0. The molecule has 1 aliphatic heterocycles. The first kappa shape index (κ1) is 9.83. The monoisotopic (exact) mass is 208 g/mol. The van der Waals surface area contributed by atoms with Gasteiger partial charge in [-0.2, -0.15) is 0 Å². The normalized spacial score (nSPS) is 19.1. The van der Waals surface area contributed by atoms with Gasteiger partial charge in [-0.25, -0.2) is 0 Å². The molecule has 1 aromatic rings. The molecule has 0 aromatic heterocycles. The third-order valence-corrected chi connectivity index (χ3v) is 2.60. The average Bonchev–Trinajstić information content (AvgIpc) is 2.17. The average molecular weight is 208 g/mol. The summed E-state index contributed by atoms with van der Waals surface area (Å²) in [5.74, 6) is -0.269.